The second kappa shape index (κ2) is 29.1. The zero-order valence-electron chi connectivity index (χ0n) is 56.0. The number of hydrogen-bond acceptors (Lipinski definition) is 13. The highest BCUT2D eigenvalue weighted by molar-refractivity contribution is 7.89. The summed E-state index contributed by atoms with van der Waals surface area (Å²) in [5, 5.41) is 23.1. The van der Waals surface area contributed by atoms with Gasteiger partial charge in [-0.15, -0.1) is 0 Å². The number of nitrogens with one attached hydrogen (secondary N) is 5. The fraction of sp³-hybridized carbons (Fsp3) is 0.438. The zero-order chi connectivity index (χ0) is 68.0. The Bertz CT molecular complexity index is 3930. The van der Waals surface area contributed by atoms with E-state index < -0.39 is 80.7 Å². The summed E-state index contributed by atoms with van der Waals surface area (Å²) < 4.78 is 35.1. The summed E-state index contributed by atoms with van der Waals surface area (Å²) in [7, 11) is 5.06. The average molecular weight is 1300 g/mol. The number of sulfonamides is 1. The topological polar surface area (TPSA) is 260 Å². The minimum absolute atomic E-state index is 0.00604. The molecule has 1 spiro atoms. The lowest BCUT2D eigenvalue weighted by Gasteiger charge is -2.49. The Morgan fingerprint density at radius 3 is 2.05 bits per heavy atom. The van der Waals surface area contributed by atoms with E-state index in [1.807, 2.05) is 106 Å². The van der Waals surface area contributed by atoms with Crippen LogP contribution in [0.25, 0.3) is 10.9 Å². The van der Waals surface area contributed by atoms with Crippen molar-refractivity contribution in [2.45, 2.75) is 147 Å². The number of cyclic esters (lactones) is 1. The molecule has 1 aromatic heterocycles. The molecule has 21 heteroatoms. The fourth-order valence-electron chi connectivity index (χ4n) is 13.5. The number of carbonyl (C=O) groups excluding carboxylic acids is 7. The summed E-state index contributed by atoms with van der Waals surface area (Å²) in [5.74, 6) is -3.62. The Balaban J connectivity index is 0.837. The number of esters is 1. The third-order valence-corrected chi connectivity index (χ3v) is 19.9. The molecule has 20 nitrogen and oxygen atoms in total. The van der Waals surface area contributed by atoms with E-state index in [4.69, 9.17) is 4.74 Å². The maximum atomic E-state index is 15.0. The molecule has 0 bridgehead atoms. The summed E-state index contributed by atoms with van der Waals surface area (Å²) in [4.78, 5) is 108. The molecule has 0 fully saturated rings. The summed E-state index contributed by atoms with van der Waals surface area (Å²) >= 11 is 0. The van der Waals surface area contributed by atoms with Gasteiger partial charge in [-0.3, -0.25) is 33.6 Å². The number of carbonyl (C=O) groups is 7. The maximum Gasteiger partial charge on any atom is 0.308 e. The molecule has 94 heavy (non-hydrogen) atoms. The van der Waals surface area contributed by atoms with Gasteiger partial charge in [0.1, 0.15) is 23.4 Å². The van der Waals surface area contributed by atoms with Gasteiger partial charge in [-0.05, 0) is 159 Å². The van der Waals surface area contributed by atoms with Crippen molar-refractivity contribution in [3.63, 3.8) is 0 Å². The van der Waals surface area contributed by atoms with Crippen LogP contribution in [0, 0.1) is 5.92 Å². The quantitative estimate of drug-likeness (QED) is 0.0267. The van der Waals surface area contributed by atoms with Gasteiger partial charge in [0.25, 0.3) is 11.8 Å². The number of para-hydroxylation sites is 1. The normalized spacial score (nSPS) is 20.7. The van der Waals surface area contributed by atoms with E-state index in [0.29, 0.717) is 86.7 Å². The molecule has 3 heterocycles. The molecule has 500 valence electrons. The molecule has 0 radical (unpaired) electrons. The van der Waals surface area contributed by atoms with Crippen molar-refractivity contribution in [1.29, 1.82) is 0 Å². The van der Waals surface area contributed by atoms with Crippen molar-refractivity contribution in [2.75, 3.05) is 64.4 Å². The molecule has 6 aromatic rings. The van der Waals surface area contributed by atoms with Crippen LogP contribution in [0.3, 0.4) is 0 Å². The first-order chi connectivity index (χ1) is 44.6. The Labute approximate surface area is 552 Å². The van der Waals surface area contributed by atoms with E-state index in [1.165, 1.54) is 17.0 Å². The molecular formula is C73H91N9O11S. The SMILES string of the molecule is C/C1=C\CC[C@H](C)OC(=O)C[C@H](c2ccc(O)cc2)NC(=O)[C@@H](Cc2c[nH]c3ccccc23)N(C)C(=O)[C@H](CCCCNC(=O)CCCCCNC(=O)c2ccc3c(c2)C2(c4ccc(N(C)C)cc4C(C)(C)c4cc(N(C)C)ccc42)N(S(C)(=O)=O)C3=O)NC(=O)[C@@H](C)C1. The number of ether oxygens (including phenoxy) is 1. The highest BCUT2D eigenvalue weighted by atomic mass is 32.2. The average Bonchev–Trinajstić information content (AvgIpc) is 1.43. The summed E-state index contributed by atoms with van der Waals surface area (Å²) in [6, 6.07) is 27.3. The van der Waals surface area contributed by atoms with Crippen LogP contribution < -0.4 is 31.1 Å². The molecule has 9 rings (SSSR count). The van der Waals surface area contributed by atoms with E-state index in [9.17, 15) is 47.1 Å². The number of aromatic nitrogens is 1. The summed E-state index contributed by atoms with van der Waals surface area (Å²) in [6.45, 7) is 10.4. The van der Waals surface area contributed by atoms with Crippen LogP contribution in [0.15, 0.2) is 121 Å². The molecule has 2 aliphatic heterocycles. The number of benzene rings is 5. The number of likely N-dealkylation sites (N-methyl/N-ethyl adjacent to an activating group) is 1. The molecule has 0 saturated carbocycles. The van der Waals surface area contributed by atoms with Gasteiger partial charge in [0.05, 0.1) is 24.8 Å². The second-order valence-electron chi connectivity index (χ2n) is 26.6. The third kappa shape index (κ3) is 15.0. The van der Waals surface area contributed by atoms with E-state index in [2.05, 4.69) is 52.2 Å². The first-order valence-electron chi connectivity index (χ1n) is 32.6. The fourth-order valence-corrected chi connectivity index (χ4v) is 14.7. The molecule has 0 saturated heterocycles. The number of nitrogens with zero attached hydrogens (tertiary/aromatic N) is 4. The predicted octanol–water partition coefficient (Wildman–Crippen LogP) is 9.43. The molecule has 6 N–H and O–H groups in total. The Kier molecular flexibility index (Phi) is 21.5. The van der Waals surface area contributed by atoms with Crippen LogP contribution in [0.5, 0.6) is 5.75 Å². The summed E-state index contributed by atoms with van der Waals surface area (Å²) in [5.41, 5.74) is 6.49. The number of H-pyrrole nitrogens is 1. The zero-order valence-corrected chi connectivity index (χ0v) is 56.8. The number of rotatable bonds is 18. The van der Waals surface area contributed by atoms with Crippen LogP contribution in [-0.2, 0) is 56.1 Å². The van der Waals surface area contributed by atoms with Gasteiger partial charge >= 0.3 is 5.97 Å². The molecule has 3 aliphatic rings. The van der Waals surface area contributed by atoms with Crippen molar-refractivity contribution in [1.82, 2.24) is 35.5 Å². The Morgan fingerprint density at radius 2 is 1.39 bits per heavy atom. The molecule has 5 aromatic carbocycles. The lowest BCUT2D eigenvalue weighted by molar-refractivity contribution is -0.149. The van der Waals surface area contributed by atoms with E-state index >= 15 is 0 Å². The van der Waals surface area contributed by atoms with Gasteiger partial charge in [0, 0.05) is 118 Å². The third-order valence-electron chi connectivity index (χ3n) is 18.8. The van der Waals surface area contributed by atoms with Crippen LogP contribution in [0.2, 0.25) is 0 Å². The number of unbranched alkanes of at least 4 members (excludes halogenated alkanes) is 3. The lowest BCUT2D eigenvalue weighted by Crippen LogP contribution is -2.56. The smallest absolute Gasteiger partial charge is 0.308 e. The van der Waals surface area contributed by atoms with Gasteiger partial charge < -0.3 is 50.8 Å². The standard InChI is InChI=1S/C73H91N9O11S/c1-45-20-19-21-47(3)93-66(85)43-63(48-26-31-53(83)32-27-48)78-69(88)64(40-50-44-76-61-23-15-14-22-54(50)61)81(10)71(90)62(77-67(86)46(2)38-45)24-16-18-36-74-65(84)25-13-12-17-37-75-68(87)49-28-33-55-58(39-49)73(82(70(55)89)94(11,91)92)56-34-29-51(79(6)7)41-59(56)72(4,5)60-42-52(80(8)9)30-35-57(60)73/h14-15,20,22-23,26-35,39,41-42,44,46-47,62-64,76,83H,12-13,16-19,21,24-25,36-38,40,43H2,1-11H3,(H,74,84)(H,75,87)(H,77,86)(H,78,88)/b45-20+/t46-,47-,62-,63+,64+/m0/s1. The summed E-state index contributed by atoms with van der Waals surface area (Å²) in [6.07, 6.45) is 8.95. The molecule has 1 aliphatic carbocycles. The number of phenols is 1. The van der Waals surface area contributed by atoms with Crippen molar-refractivity contribution in [2.24, 2.45) is 5.92 Å². The molecule has 6 amide bonds. The number of hydrogen-bond donors (Lipinski definition) is 6. The van der Waals surface area contributed by atoms with Crippen LogP contribution in [0.4, 0.5) is 11.4 Å². The Hall–Kier alpha value is -8.98. The van der Waals surface area contributed by atoms with Crippen molar-refractivity contribution in [3.8, 4) is 5.75 Å². The van der Waals surface area contributed by atoms with Gasteiger partial charge in [0.15, 0.2) is 0 Å². The van der Waals surface area contributed by atoms with E-state index in [0.717, 1.165) is 55.1 Å². The molecular weight excluding hydrogens is 1210 g/mol. The Morgan fingerprint density at radius 1 is 0.745 bits per heavy atom. The number of amides is 6. The highest BCUT2D eigenvalue weighted by Gasteiger charge is 2.61. The first kappa shape index (κ1) is 69.4. The highest BCUT2D eigenvalue weighted by Crippen LogP contribution is 2.59. The monoisotopic (exact) mass is 1300 g/mol. The maximum absolute atomic E-state index is 15.0. The molecule has 5 atom stereocenters. The van der Waals surface area contributed by atoms with E-state index in [-0.39, 0.29) is 54.4 Å². The van der Waals surface area contributed by atoms with Crippen molar-refractivity contribution < 1.29 is 51.8 Å². The van der Waals surface area contributed by atoms with Crippen LogP contribution in [-0.4, -0.2) is 142 Å². The predicted molar refractivity (Wildman–Crippen MR) is 365 cm³/mol. The number of fused-ring (bicyclic) bond motifs is 7. The van der Waals surface area contributed by atoms with Gasteiger partial charge in [-0.1, -0.05) is 81.3 Å². The van der Waals surface area contributed by atoms with Crippen LogP contribution in [0.1, 0.15) is 171 Å². The van der Waals surface area contributed by atoms with Gasteiger partial charge in [-0.2, -0.15) is 0 Å². The van der Waals surface area contributed by atoms with Gasteiger partial charge in [-0.25, -0.2) is 12.7 Å². The second-order valence-corrected chi connectivity index (χ2v) is 28.4. The number of allylic oxidation sites excluding steroid dienone is 2. The minimum atomic E-state index is -4.24. The van der Waals surface area contributed by atoms with Crippen molar-refractivity contribution >= 4 is 73.7 Å². The minimum Gasteiger partial charge on any atom is -0.508 e. The van der Waals surface area contributed by atoms with Crippen molar-refractivity contribution in [3.05, 3.63) is 171 Å². The number of aromatic amines is 1. The number of aromatic hydroxyl groups is 1. The molecule has 0 unspecified atom stereocenters. The number of anilines is 2. The van der Waals surface area contributed by atoms with Crippen LogP contribution >= 0.6 is 0 Å². The first-order valence-corrected chi connectivity index (χ1v) is 34.4. The van der Waals surface area contributed by atoms with Gasteiger partial charge in [0.2, 0.25) is 33.7 Å². The lowest BCUT2D eigenvalue weighted by atomic mass is 9.60. The van der Waals surface area contributed by atoms with E-state index in [1.54, 1.807) is 50.5 Å². The number of phenolic OH excluding ortho intramolecular Hbond substituents is 1. The largest absolute Gasteiger partial charge is 0.508 e.